The Kier molecular flexibility index (Phi) is 6.44. The van der Waals surface area contributed by atoms with Crippen LogP contribution >= 0.6 is 11.3 Å². The number of carbonyl (C=O) groups is 1. The Morgan fingerprint density at radius 2 is 1.69 bits per heavy atom. The number of nitrogens with zero attached hydrogens (tertiary/aromatic N) is 2. The molecule has 0 saturated carbocycles. The van der Waals surface area contributed by atoms with Crippen LogP contribution < -0.4 is 5.14 Å². The molecule has 1 amide bonds. The highest BCUT2D eigenvalue weighted by Gasteiger charge is 2.30. The van der Waals surface area contributed by atoms with Gasteiger partial charge in [-0.05, 0) is 116 Å². The number of amides is 1. The third kappa shape index (κ3) is 4.56. The molecule has 0 aliphatic heterocycles. The van der Waals surface area contributed by atoms with Crippen LogP contribution in [0, 0.1) is 13.8 Å². The highest BCUT2D eigenvalue weighted by atomic mass is 32.2. The summed E-state index contributed by atoms with van der Waals surface area (Å²) in [6, 6.07) is 6.72. The Balaban J connectivity index is 1.54. The van der Waals surface area contributed by atoms with Crippen LogP contribution in [-0.4, -0.2) is 20.2 Å². The van der Waals surface area contributed by atoms with Gasteiger partial charge in [-0.2, -0.15) is 0 Å². The number of nitrogens with two attached hydrogens (primary N) is 1. The van der Waals surface area contributed by atoms with Gasteiger partial charge in [0.05, 0.1) is 16.9 Å². The number of aryl methyl sites for hydroxylation is 2. The average molecular weight is 524 g/mol. The van der Waals surface area contributed by atoms with E-state index >= 15 is 0 Å². The molecule has 190 valence electrons. The molecule has 0 radical (unpaired) electrons. The van der Waals surface area contributed by atoms with Crippen LogP contribution in [0.5, 0.6) is 0 Å². The lowest BCUT2D eigenvalue weighted by Crippen LogP contribution is -2.17. The van der Waals surface area contributed by atoms with Crippen LogP contribution in [0.1, 0.15) is 70.5 Å². The zero-order valence-corrected chi connectivity index (χ0v) is 22.9. The van der Waals surface area contributed by atoms with E-state index in [4.69, 9.17) is 5.14 Å². The van der Waals surface area contributed by atoms with Gasteiger partial charge in [-0.15, -0.1) is 15.7 Å². The maximum absolute atomic E-state index is 13.2. The number of aliphatic hydroxyl groups is 1. The number of thiazole rings is 1. The molecule has 0 spiro atoms. The van der Waals surface area contributed by atoms with Crippen LogP contribution in [0.3, 0.4) is 0 Å². The third-order valence-corrected chi connectivity index (χ3v) is 10.6. The Hall–Kier alpha value is -2.39. The van der Waals surface area contributed by atoms with Gasteiger partial charge in [0, 0.05) is 6.20 Å². The fourth-order valence-electron chi connectivity index (χ4n) is 5.58. The lowest BCUT2D eigenvalue weighted by molar-refractivity contribution is -0.117. The Morgan fingerprint density at radius 1 is 1.08 bits per heavy atom. The minimum absolute atomic E-state index is 0.0634. The molecule has 5 rings (SSSR count). The molecule has 36 heavy (non-hydrogen) atoms. The SMILES string of the molecule is Cc1ccc(-c2c3c(c(CC(=O)N=S(N)(=O)c4ncc(C(C)(C)O)s4)c4c2CCC4)CCC3)cc1C. The van der Waals surface area contributed by atoms with E-state index in [1.807, 2.05) is 0 Å². The van der Waals surface area contributed by atoms with Crippen LogP contribution in [-0.2, 0) is 52.4 Å². The van der Waals surface area contributed by atoms with Crippen LogP contribution in [0.25, 0.3) is 11.1 Å². The van der Waals surface area contributed by atoms with E-state index in [-0.39, 0.29) is 10.8 Å². The maximum atomic E-state index is 13.2. The van der Waals surface area contributed by atoms with E-state index in [9.17, 15) is 14.1 Å². The molecule has 1 aromatic heterocycles. The highest BCUT2D eigenvalue weighted by molar-refractivity contribution is 7.93. The zero-order valence-electron chi connectivity index (χ0n) is 21.3. The summed E-state index contributed by atoms with van der Waals surface area (Å²) >= 11 is 1.03. The topological polar surface area (TPSA) is 106 Å². The van der Waals surface area contributed by atoms with Gasteiger partial charge in [0.1, 0.15) is 0 Å². The first kappa shape index (κ1) is 25.3. The molecule has 3 aromatic rings. The molecule has 1 atom stereocenters. The minimum atomic E-state index is -3.49. The molecule has 0 saturated heterocycles. The van der Waals surface area contributed by atoms with Crippen molar-refractivity contribution in [3.63, 3.8) is 0 Å². The van der Waals surface area contributed by atoms with E-state index in [2.05, 4.69) is 41.4 Å². The molecular weight excluding hydrogens is 490 g/mol. The van der Waals surface area contributed by atoms with Crippen LogP contribution in [0.2, 0.25) is 0 Å². The number of fused-ring (bicyclic) bond motifs is 2. The second kappa shape index (κ2) is 9.17. The molecule has 1 heterocycles. The van der Waals surface area contributed by atoms with E-state index < -0.39 is 21.4 Å². The zero-order chi connectivity index (χ0) is 25.8. The molecule has 2 aliphatic rings. The van der Waals surface area contributed by atoms with Gasteiger partial charge >= 0.3 is 0 Å². The number of aromatic nitrogens is 1. The van der Waals surface area contributed by atoms with Crippen molar-refractivity contribution in [2.45, 2.75) is 82.6 Å². The normalized spacial score (nSPS) is 16.5. The maximum Gasteiger partial charge on any atom is 0.259 e. The molecule has 2 aromatic carbocycles. The largest absolute Gasteiger partial charge is 0.385 e. The molecule has 3 N–H and O–H groups in total. The van der Waals surface area contributed by atoms with Crippen molar-refractivity contribution in [1.82, 2.24) is 4.98 Å². The summed E-state index contributed by atoms with van der Waals surface area (Å²) in [6.07, 6.45) is 7.60. The van der Waals surface area contributed by atoms with Gasteiger partial charge in [-0.3, -0.25) is 4.79 Å². The summed E-state index contributed by atoms with van der Waals surface area (Å²) in [5.41, 5.74) is 10.4. The molecular formula is C28H33N3O3S2. The Bertz CT molecular complexity index is 1470. The second-order valence-corrected chi connectivity index (χ2v) is 13.5. The first-order valence-electron chi connectivity index (χ1n) is 12.5. The fourth-order valence-corrected chi connectivity index (χ4v) is 7.73. The first-order chi connectivity index (χ1) is 17.0. The van der Waals surface area contributed by atoms with Crippen LogP contribution in [0.4, 0.5) is 0 Å². The monoisotopic (exact) mass is 523 g/mol. The van der Waals surface area contributed by atoms with E-state index in [0.29, 0.717) is 4.88 Å². The number of hydrogen-bond donors (Lipinski definition) is 2. The molecule has 8 heteroatoms. The summed E-state index contributed by atoms with van der Waals surface area (Å²) in [4.78, 5) is 17.8. The van der Waals surface area contributed by atoms with Gasteiger partial charge in [-0.1, -0.05) is 18.2 Å². The molecule has 6 nitrogen and oxygen atoms in total. The van der Waals surface area contributed by atoms with Crippen molar-refractivity contribution in [3.8, 4) is 11.1 Å². The average Bonchev–Trinajstić information content (AvgIpc) is 3.55. The summed E-state index contributed by atoms with van der Waals surface area (Å²) < 4.78 is 17.2. The van der Waals surface area contributed by atoms with E-state index in [0.717, 1.165) is 55.4 Å². The number of hydrogen-bond acceptors (Lipinski definition) is 5. The molecule has 2 aliphatic carbocycles. The lowest BCUT2D eigenvalue weighted by atomic mass is 9.84. The molecule has 0 fully saturated rings. The van der Waals surface area contributed by atoms with Crippen molar-refractivity contribution in [1.29, 1.82) is 0 Å². The van der Waals surface area contributed by atoms with Crippen molar-refractivity contribution < 1.29 is 14.1 Å². The molecule has 1 unspecified atom stereocenters. The van der Waals surface area contributed by atoms with E-state index in [1.165, 1.54) is 50.7 Å². The Labute approximate surface area is 217 Å². The second-order valence-electron chi connectivity index (χ2n) is 10.6. The third-order valence-electron chi connectivity index (χ3n) is 7.47. The van der Waals surface area contributed by atoms with Gasteiger partial charge in [0.2, 0.25) is 4.34 Å². The smallest absolute Gasteiger partial charge is 0.259 e. The summed E-state index contributed by atoms with van der Waals surface area (Å²) in [5, 5.41) is 16.2. The highest BCUT2D eigenvalue weighted by Crippen LogP contribution is 2.44. The summed E-state index contributed by atoms with van der Waals surface area (Å²) in [5.74, 6) is -0.482. The van der Waals surface area contributed by atoms with Gasteiger partial charge < -0.3 is 5.11 Å². The van der Waals surface area contributed by atoms with Crippen molar-refractivity contribution >= 4 is 27.2 Å². The quantitative estimate of drug-likeness (QED) is 0.485. The molecule has 0 bridgehead atoms. The van der Waals surface area contributed by atoms with E-state index in [1.54, 1.807) is 13.8 Å². The number of benzene rings is 2. The standard InChI is InChI=1S/C28H33N3O3S2/c1-16-11-12-18(13-17(16)2)26-21-9-5-7-19(21)23(20-8-6-10-22(20)26)14-25(32)31-36(29,34)27-30-15-24(35-27)28(3,4)33/h11-13,15,33H,5-10,14H2,1-4H3,(H2,29,31,32,34). The predicted molar refractivity (Wildman–Crippen MR) is 144 cm³/mol. The number of carbonyl (C=O) groups excluding carboxylic acids is 1. The van der Waals surface area contributed by atoms with Crippen molar-refractivity contribution in [2.24, 2.45) is 9.50 Å². The first-order valence-corrected chi connectivity index (χ1v) is 14.9. The summed E-state index contributed by atoms with van der Waals surface area (Å²) in [7, 11) is -3.49. The predicted octanol–water partition coefficient (Wildman–Crippen LogP) is 5.10. The van der Waals surface area contributed by atoms with Gasteiger partial charge in [0.15, 0.2) is 9.92 Å². The Morgan fingerprint density at radius 3 is 2.25 bits per heavy atom. The lowest BCUT2D eigenvalue weighted by Gasteiger charge is -2.20. The van der Waals surface area contributed by atoms with Crippen molar-refractivity contribution in [3.05, 3.63) is 68.2 Å². The minimum Gasteiger partial charge on any atom is -0.385 e. The number of rotatable bonds is 5. The van der Waals surface area contributed by atoms with Gasteiger partial charge in [-0.25, -0.2) is 14.3 Å². The van der Waals surface area contributed by atoms with Crippen molar-refractivity contribution in [2.75, 3.05) is 0 Å². The van der Waals surface area contributed by atoms with Crippen LogP contribution in [0.15, 0.2) is 33.1 Å². The summed E-state index contributed by atoms with van der Waals surface area (Å²) in [6.45, 7) is 7.53. The van der Waals surface area contributed by atoms with Gasteiger partial charge in [0.25, 0.3) is 5.91 Å². The fraction of sp³-hybridized carbons (Fsp3) is 0.429.